The van der Waals surface area contributed by atoms with Gasteiger partial charge >= 0.3 is 18.0 Å². The summed E-state index contributed by atoms with van der Waals surface area (Å²) in [5.74, 6) is -1.14. The first kappa shape index (κ1) is 33.6. The largest absolute Gasteiger partial charge is 0.467 e. The molecule has 1 aromatic carbocycles. The summed E-state index contributed by atoms with van der Waals surface area (Å²) >= 11 is 0. The number of carbonyl (C=O) groups is 4. The van der Waals surface area contributed by atoms with Gasteiger partial charge in [-0.15, -0.1) is 0 Å². The summed E-state index contributed by atoms with van der Waals surface area (Å²) in [6.45, 7) is 9.37. The first-order chi connectivity index (χ1) is 17.9. The number of esters is 2. The molecule has 3 atom stereocenters. The zero-order valence-corrected chi connectivity index (χ0v) is 24.7. The topological polar surface area (TPSA) is 129 Å². The van der Waals surface area contributed by atoms with Gasteiger partial charge < -0.3 is 29.6 Å². The maximum Gasteiger partial charge on any atom is 0.408 e. The van der Waals surface area contributed by atoms with Crippen LogP contribution in [0.1, 0.15) is 46.6 Å². The number of nitrogens with one attached hydrogen (secondary N) is 2. The van der Waals surface area contributed by atoms with Crippen LogP contribution in [0.15, 0.2) is 30.3 Å². The number of hydrogen-bond acceptors (Lipinski definition) is 10. The fourth-order valence-electron chi connectivity index (χ4n) is 3.02. The van der Waals surface area contributed by atoms with Crippen molar-refractivity contribution in [3.8, 4) is 0 Å². The Labute approximate surface area is 233 Å². The molecular formula is C26H40N2O8S2. The Balaban J connectivity index is 2.73. The van der Waals surface area contributed by atoms with E-state index >= 15 is 0 Å². The third kappa shape index (κ3) is 13.9. The lowest BCUT2D eigenvalue weighted by molar-refractivity contribution is -0.146. The third-order valence-electron chi connectivity index (χ3n) is 4.80. The molecule has 0 aromatic heterocycles. The summed E-state index contributed by atoms with van der Waals surface area (Å²) in [4.78, 5) is 49.6. The molecule has 0 bridgehead atoms. The van der Waals surface area contributed by atoms with Gasteiger partial charge in [-0.3, -0.25) is 4.79 Å². The Morgan fingerprint density at radius 2 is 1.39 bits per heavy atom. The highest BCUT2D eigenvalue weighted by Gasteiger charge is 2.29. The van der Waals surface area contributed by atoms with Crippen LogP contribution in [-0.4, -0.2) is 73.5 Å². The van der Waals surface area contributed by atoms with Crippen molar-refractivity contribution >= 4 is 45.5 Å². The highest BCUT2D eigenvalue weighted by molar-refractivity contribution is 8.76. The summed E-state index contributed by atoms with van der Waals surface area (Å²) in [5, 5.41) is 5.23. The Kier molecular flexibility index (Phi) is 15.2. The lowest BCUT2D eigenvalue weighted by Gasteiger charge is -2.23. The fraction of sp³-hybridized carbons (Fsp3) is 0.615. The molecule has 0 saturated carbocycles. The molecule has 0 fully saturated rings. The Morgan fingerprint density at radius 1 is 0.868 bits per heavy atom. The molecule has 214 valence electrons. The average molecular weight is 573 g/mol. The van der Waals surface area contributed by atoms with E-state index in [0.717, 1.165) is 5.56 Å². The lowest BCUT2D eigenvalue weighted by atomic mass is 10.0. The van der Waals surface area contributed by atoms with Crippen LogP contribution in [0.25, 0.3) is 0 Å². The number of ether oxygens (including phenoxy) is 4. The van der Waals surface area contributed by atoms with E-state index in [1.54, 1.807) is 20.8 Å². The maximum absolute atomic E-state index is 13.1. The van der Waals surface area contributed by atoms with Gasteiger partial charge in [0.1, 0.15) is 23.8 Å². The van der Waals surface area contributed by atoms with Gasteiger partial charge in [-0.25, -0.2) is 14.4 Å². The maximum atomic E-state index is 13.1. The molecule has 0 spiro atoms. The van der Waals surface area contributed by atoms with Crippen LogP contribution in [0, 0.1) is 5.92 Å². The van der Waals surface area contributed by atoms with Gasteiger partial charge in [0, 0.05) is 11.5 Å². The first-order valence-electron chi connectivity index (χ1n) is 12.2. The molecule has 2 amide bonds. The Morgan fingerprint density at radius 3 is 1.87 bits per heavy atom. The van der Waals surface area contributed by atoms with Gasteiger partial charge in [0.25, 0.3) is 0 Å². The number of carbonyl (C=O) groups excluding carboxylic acids is 4. The number of benzene rings is 1. The number of hydrogen-bond donors (Lipinski definition) is 2. The second-order valence-corrected chi connectivity index (χ2v) is 12.3. The molecule has 2 unspecified atom stereocenters. The highest BCUT2D eigenvalue weighted by Crippen LogP contribution is 2.24. The van der Waals surface area contributed by atoms with Crippen molar-refractivity contribution in [1.29, 1.82) is 0 Å². The van der Waals surface area contributed by atoms with Crippen LogP contribution < -0.4 is 10.6 Å². The molecule has 0 radical (unpaired) electrons. The Bertz CT molecular complexity index is 893. The first-order valence-corrected chi connectivity index (χ1v) is 14.7. The van der Waals surface area contributed by atoms with Gasteiger partial charge in [0.2, 0.25) is 5.91 Å². The van der Waals surface area contributed by atoms with Gasteiger partial charge in [0.05, 0.1) is 20.8 Å². The molecule has 38 heavy (non-hydrogen) atoms. The minimum atomic E-state index is -0.958. The molecule has 0 saturated heterocycles. The summed E-state index contributed by atoms with van der Waals surface area (Å²) < 4.78 is 20.7. The van der Waals surface area contributed by atoms with Crippen LogP contribution >= 0.6 is 21.6 Å². The quantitative estimate of drug-likeness (QED) is 0.139. The molecule has 0 aliphatic heterocycles. The van der Waals surface area contributed by atoms with Gasteiger partial charge in [-0.05, 0) is 38.7 Å². The summed E-state index contributed by atoms with van der Waals surface area (Å²) in [6.07, 6.45) is -1.02. The molecule has 0 aliphatic rings. The van der Waals surface area contributed by atoms with Gasteiger partial charge in [-0.2, -0.15) is 0 Å². The normalized spacial score (nSPS) is 13.7. The van der Waals surface area contributed by atoms with Crippen molar-refractivity contribution in [2.24, 2.45) is 5.92 Å². The molecule has 12 heteroatoms. The highest BCUT2D eigenvalue weighted by atomic mass is 33.1. The van der Waals surface area contributed by atoms with Crippen LogP contribution in [0.5, 0.6) is 0 Å². The van der Waals surface area contributed by atoms with E-state index in [1.807, 2.05) is 44.2 Å². The zero-order chi connectivity index (χ0) is 28.7. The molecule has 1 rings (SSSR count). The van der Waals surface area contributed by atoms with Crippen molar-refractivity contribution < 1.29 is 38.1 Å². The monoisotopic (exact) mass is 572 g/mol. The van der Waals surface area contributed by atoms with E-state index in [9.17, 15) is 19.2 Å². The molecule has 0 aliphatic carbocycles. The molecule has 0 heterocycles. The predicted octanol–water partition coefficient (Wildman–Crippen LogP) is 3.72. The second kappa shape index (κ2) is 17.2. The van der Waals surface area contributed by atoms with E-state index in [-0.39, 0.29) is 24.0 Å². The SMILES string of the molecule is COC(=O)C(CSSCC(NC(=O)[C@H](CC(C)C)OCc1ccccc1)C(=O)OC)NC(=O)OC(C)(C)C. The second-order valence-electron chi connectivity index (χ2n) is 9.79. The van der Waals surface area contributed by atoms with E-state index in [2.05, 4.69) is 10.6 Å². The lowest BCUT2D eigenvalue weighted by Crippen LogP contribution is -2.48. The van der Waals surface area contributed by atoms with Gasteiger partial charge in [0.15, 0.2) is 0 Å². The average Bonchev–Trinajstić information content (AvgIpc) is 2.85. The van der Waals surface area contributed by atoms with Crippen LogP contribution in [0.4, 0.5) is 4.79 Å². The third-order valence-corrected chi connectivity index (χ3v) is 7.23. The van der Waals surface area contributed by atoms with E-state index in [0.29, 0.717) is 6.42 Å². The van der Waals surface area contributed by atoms with E-state index in [4.69, 9.17) is 18.9 Å². The van der Waals surface area contributed by atoms with E-state index in [1.165, 1.54) is 35.8 Å². The molecule has 2 N–H and O–H groups in total. The molecule has 1 aromatic rings. The number of rotatable bonds is 15. The predicted molar refractivity (Wildman–Crippen MR) is 149 cm³/mol. The van der Waals surface area contributed by atoms with Crippen molar-refractivity contribution in [2.45, 2.75) is 71.4 Å². The molecule has 10 nitrogen and oxygen atoms in total. The van der Waals surface area contributed by atoms with Crippen molar-refractivity contribution in [3.63, 3.8) is 0 Å². The standard InChI is InChI=1S/C26H40N2O8S2/c1-17(2)13-21(35-14-18-11-9-8-10-12-18)22(29)27-19(23(30)33-6)15-37-38-16-20(24(31)34-7)28-25(32)36-26(3,4)5/h8-12,17,19-21H,13-16H2,1-7H3,(H,27,29)(H,28,32)/t19?,20?,21-/m0/s1. The van der Waals surface area contributed by atoms with Crippen LogP contribution in [0.3, 0.4) is 0 Å². The fourth-order valence-corrected chi connectivity index (χ4v) is 5.32. The smallest absolute Gasteiger partial charge is 0.408 e. The minimum Gasteiger partial charge on any atom is -0.467 e. The van der Waals surface area contributed by atoms with E-state index < -0.39 is 47.7 Å². The van der Waals surface area contributed by atoms with Crippen LogP contribution in [-0.2, 0) is 39.9 Å². The number of alkyl carbamates (subject to hydrolysis) is 1. The zero-order valence-electron chi connectivity index (χ0n) is 23.1. The molecular weight excluding hydrogens is 532 g/mol. The van der Waals surface area contributed by atoms with Gasteiger partial charge in [-0.1, -0.05) is 65.8 Å². The summed E-state index contributed by atoms with van der Waals surface area (Å²) in [7, 11) is 4.94. The minimum absolute atomic E-state index is 0.147. The summed E-state index contributed by atoms with van der Waals surface area (Å²) in [5.41, 5.74) is 0.210. The van der Waals surface area contributed by atoms with Crippen LogP contribution in [0.2, 0.25) is 0 Å². The number of amides is 2. The summed E-state index contributed by atoms with van der Waals surface area (Å²) in [6, 6.07) is 7.62. The number of methoxy groups -OCH3 is 2. The van der Waals surface area contributed by atoms with Crippen molar-refractivity contribution in [2.75, 3.05) is 25.7 Å². The van der Waals surface area contributed by atoms with Crippen molar-refractivity contribution in [1.82, 2.24) is 10.6 Å². The Hall–Kier alpha value is -2.44. The van der Waals surface area contributed by atoms with Crippen molar-refractivity contribution in [3.05, 3.63) is 35.9 Å².